The minimum absolute atomic E-state index is 0.480. The smallest absolute Gasteiger partial charge is 0.171 e. The van der Waals surface area contributed by atoms with E-state index in [2.05, 4.69) is 23.6 Å². The Bertz CT molecular complexity index is 478. The third kappa shape index (κ3) is 3.86. The molecular weight excluding hydrogens is 288 g/mol. The zero-order valence-electron chi connectivity index (χ0n) is 12.4. The molecule has 0 aromatic heterocycles. The van der Waals surface area contributed by atoms with Crippen molar-refractivity contribution in [3.8, 4) is 0 Å². The van der Waals surface area contributed by atoms with Crippen LogP contribution in [0.25, 0.3) is 0 Å². The molecule has 0 saturated heterocycles. The number of benzene rings is 1. The molecular formula is C16H23ClN2S. The van der Waals surface area contributed by atoms with Crippen molar-refractivity contribution in [3.05, 3.63) is 28.3 Å². The second-order valence-electron chi connectivity index (χ2n) is 5.91. The molecule has 0 aliphatic heterocycles. The molecule has 0 unspecified atom stereocenters. The lowest BCUT2D eigenvalue weighted by Gasteiger charge is -2.30. The standard InChI is InChI=1S/C16H23ClN2S/c1-10-8-12(3)15(13(17)9-10)19-16(20)18-14-7-5-4-6-11(14)2/h8-9,11,14H,4-7H2,1-3H3,(H2,18,19,20)/t11-,14-/m1/s1. The van der Waals surface area contributed by atoms with Gasteiger partial charge in [-0.25, -0.2) is 0 Å². The van der Waals surface area contributed by atoms with Crippen molar-refractivity contribution in [2.75, 3.05) is 5.32 Å². The number of rotatable bonds is 2. The van der Waals surface area contributed by atoms with Crippen LogP contribution in [0.2, 0.25) is 5.02 Å². The van der Waals surface area contributed by atoms with Gasteiger partial charge in [0.2, 0.25) is 0 Å². The molecule has 0 radical (unpaired) electrons. The number of thiocarbonyl (C=S) groups is 1. The van der Waals surface area contributed by atoms with Gasteiger partial charge in [-0.05, 0) is 62.0 Å². The molecule has 1 aromatic carbocycles. The molecule has 20 heavy (non-hydrogen) atoms. The summed E-state index contributed by atoms with van der Waals surface area (Å²) in [5.74, 6) is 0.679. The van der Waals surface area contributed by atoms with Crippen molar-refractivity contribution in [2.45, 2.75) is 52.5 Å². The lowest BCUT2D eigenvalue weighted by atomic mass is 9.86. The van der Waals surface area contributed by atoms with E-state index in [9.17, 15) is 0 Å². The molecule has 2 N–H and O–H groups in total. The molecule has 2 atom stereocenters. The monoisotopic (exact) mass is 310 g/mol. The van der Waals surface area contributed by atoms with E-state index < -0.39 is 0 Å². The molecule has 1 aliphatic carbocycles. The van der Waals surface area contributed by atoms with Crippen LogP contribution in [-0.4, -0.2) is 11.2 Å². The Hall–Kier alpha value is -0.800. The first-order chi connectivity index (χ1) is 9.47. The maximum Gasteiger partial charge on any atom is 0.171 e. The van der Waals surface area contributed by atoms with Gasteiger partial charge >= 0.3 is 0 Å². The van der Waals surface area contributed by atoms with Crippen LogP contribution in [0.3, 0.4) is 0 Å². The zero-order valence-corrected chi connectivity index (χ0v) is 14.0. The minimum Gasteiger partial charge on any atom is -0.359 e. The van der Waals surface area contributed by atoms with Gasteiger partial charge in [0.25, 0.3) is 0 Å². The summed E-state index contributed by atoms with van der Waals surface area (Å²) in [6.07, 6.45) is 5.10. The SMILES string of the molecule is Cc1cc(C)c(NC(=S)N[C@@H]2CCCC[C@H]2C)c(Cl)c1. The van der Waals surface area contributed by atoms with Crippen LogP contribution in [-0.2, 0) is 0 Å². The highest BCUT2D eigenvalue weighted by molar-refractivity contribution is 7.80. The van der Waals surface area contributed by atoms with Crippen LogP contribution in [0.1, 0.15) is 43.7 Å². The van der Waals surface area contributed by atoms with Crippen molar-refractivity contribution in [3.63, 3.8) is 0 Å². The molecule has 1 fully saturated rings. The third-order valence-electron chi connectivity index (χ3n) is 4.10. The summed E-state index contributed by atoms with van der Waals surface area (Å²) in [5.41, 5.74) is 3.20. The fourth-order valence-electron chi connectivity index (χ4n) is 2.92. The van der Waals surface area contributed by atoms with E-state index in [-0.39, 0.29) is 0 Å². The number of halogens is 1. The Morgan fingerprint density at radius 2 is 1.95 bits per heavy atom. The number of anilines is 1. The molecule has 0 bridgehead atoms. The Labute approximate surface area is 132 Å². The third-order valence-corrected chi connectivity index (χ3v) is 4.62. The van der Waals surface area contributed by atoms with Gasteiger partial charge in [0.05, 0.1) is 10.7 Å². The van der Waals surface area contributed by atoms with E-state index >= 15 is 0 Å². The van der Waals surface area contributed by atoms with Gasteiger partial charge in [0.1, 0.15) is 0 Å². The van der Waals surface area contributed by atoms with Crippen LogP contribution in [0.5, 0.6) is 0 Å². The van der Waals surface area contributed by atoms with Crippen molar-refractivity contribution in [1.82, 2.24) is 5.32 Å². The Morgan fingerprint density at radius 3 is 2.60 bits per heavy atom. The number of hydrogen-bond acceptors (Lipinski definition) is 1. The van der Waals surface area contributed by atoms with Crippen molar-refractivity contribution in [2.24, 2.45) is 5.92 Å². The fourth-order valence-corrected chi connectivity index (χ4v) is 3.54. The van der Waals surface area contributed by atoms with Crippen molar-refractivity contribution >= 4 is 34.6 Å². The summed E-state index contributed by atoms with van der Waals surface area (Å²) >= 11 is 11.7. The van der Waals surface area contributed by atoms with Gasteiger partial charge in [-0.2, -0.15) is 0 Å². The van der Waals surface area contributed by atoms with E-state index in [1.54, 1.807) is 0 Å². The summed E-state index contributed by atoms with van der Waals surface area (Å²) < 4.78 is 0. The van der Waals surface area contributed by atoms with Gasteiger partial charge in [0.15, 0.2) is 5.11 Å². The van der Waals surface area contributed by atoms with Crippen LogP contribution in [0, 0.1) is 19.8 Å². The largest absolute Gasteiger partial charge is 0.359 e. The van der Waals surface area contributed by atoms with Crippen LogP contribution < -0.4 is 10.6 Å². The van der Waals surface area contributed by atoms with E-state index in [1.807, 2.05) is 19.9 Å². The van der Waals surface area contributed by atoms with Gasteiger partial charge in [-0.1, -0.05) is 37.4 Å². The molecule has 110 valence electrons. The number of hydrogen-bond donors (Lipinski definition) is 2. The first-order valence-corrected chi connectivity index (χ1v) is 8.10. The zero-order chi connectivity index (χ0) is 14.7. The predicted octanol–water partition coefficient (Wildman–Crippen LogP) is 4.82. The predicted molar refractivity (Wildman–Crippen MR) is 91.7 cm³/mol. The summed E-state index contributed by atoms with van der Waals surface area (Å²) in [4.78, 5) is 0. The van der Waals surface area contributed by atoms with Gasteiger partial charge in [-0.3, -0.25) is 0 Å². The molecule has 1 aliphatic rings. The fraction of sp³-hybridized carbons (Fsp3) is 0.562. The normalized spacial score (nSPS) is 22.4. The lowest BCUT2D eigenvalue weighted by molar-refractivity contribution is 0.309. The first kappa shape index (κ1) is 15.6. The Morgan fingerprint density at radius 1 is 1.25 bits per heavy atom. The first-order valence-electron chi connectivity index (χ1n) is 7.31. The summed E-state index contributed by atoms with van der Waals surface area (Å²) in [6.45, 7) is 6.39. The second kappa shape index (κ2) is 6.77. The number of aryl methyl sites for hydroxylation is 2. The van der Waals surface area contributed by atoms with E-state index in [1.165, 1.54) is 25.7 Å². The molecule has 0 spiro atoms. The summed E-state index contributed by atoms with van der Waals surface area (Å²) in [7, 11) is 0. The van der Waals surface area contributed by atoms with Crippen molar-refractivity contribution in [1.29, 1.82) is 0 Å². The highest BCUT2D eigenvalue weighted by Gasteiger charge is 2.22. The quantitative estimate of drug-likeness (QED) is 0.766. The lowest BCUT2D eigenvalue weighted by Crippen LogP contribution is -2.43. The highest BCUT2D eigenvalue weighted by atomic mass is 35.5. The van der Waals surface area contributed by atoms with E-state index in [0.717, 1.165) is 21.8 Å². The van der Waals surface area contributed by atoms with Crippen LogP contribution in [0.15, 0.2) is 12.1 Å². The van der Waals surface area contributed by atoms with Crippen molar-refractivity contribution < 1.29 is 0 Å². The molecule has 1 saturated carbocycles. The average molecular weight is 311 g/mol. The second-order valence-corrected chi connectivity index (χ2v) is 6.72. The van der Waals surface area contributed by atoms with Crippen LogP contribution in [0.4, 0.5) is 5.69 Å². The van der Waals surface area contributed by atoms with Gasteiger partial charge in [-0.15, -0.1) is 0 Å². The maximum absolute atomic E-state index is 6.30. The number of nitrogens with one attached hydrogen (secondary N) is 2. The Kier molecular flexibility index (Phi) is 5.28. The van der Waals surface area contributed by atoms with Gasteiger partial charge in [0, 0.05) is 6.04 Å². The Balaban J connectivity index is 2.01. The maximum atomic E-state index is 6.30. The molecule has 4 heteroatoms. The average Bonchev–Trinajstić information content (AvgIpc) is 2.36. The topological polar surface area (TPSA) is 24.1 Å². The summed E-state index contributed by atoms with van der Waals surface area (Å²) in [6, 6.07) is 4.55. The van der Waals surface area contributed by atoms with Crippen LogP contribution >= 0.6 is 23.8 Å². The molecule has 2 nitrogen and oxygen atoms in total. The molecule has 0 amide bonds. The van der Waals surface area contributed by atoms with Gasteiger partial charge < -0.3 is 10.6 Å². The highest BCUT2D eigenvalue weighted by Crippen LogP contribution is 2.28. The molecule has 0 heterocycles. The molecule has 1 aromatic rings. The van der Waals surface area contributed by atoms with E-state index in [0.29, 0.717) is 17.1 Å². The van der Waals surface area contributed by atoms with E-state index in [4.69, 9.17) is 23.8 Å². The summed E-state index contributed by atoms with van der Waals surface area (Å²) in [5, 5.41) is 8.11. The molecule has 2 rings (SSSR count). The minimum atomic E-state index is 0.480.